The van der Waals surface area contributed by atoms with Crippen LogP contribution in [0.5, 0.6) is 0 Å². The van der Waals surface area contributed by atoms with Crippen LogP contribution in [-0.2, 0) is 9.53 Å². The lowest BCUT2D eigenvalue weighted by Crippen LogP contribution is -2.34. The van der Waals surface area contributed by atoms with Crippen molar-refractivity contribution in [3.63, 3.8) is 0 Å². The fraction of sp³-hybridized carbons (Fsp3) is 0.462. The van der Waals surface area contributed by atoms with E-state index in [-0.39, 0.29) is 5.97 Å². The summed E-state index contributed by atoms with van der Waals surface area (Å²) in [5.41, 5.74) is 0.277. The lowest BCUT2D eigenvalue weighted by molar-refractivity contribution is -0.155. The molecule has 0 aromatic heterocycles. The molecule has 0 amide bonds. The van der Waals surface area contributed by atoms with Gasteiger partial charge in [0.1, 0.15) is 11.6 Å². The minimum Gasteiger partial charge on any atom is -0.458 e. The summed E-state index contributed by atoms with van der Waals surface area (Å²) in [6.07, 6.45) is 0. The maximum Gasteiger partial charge on any atom is 0.328 e. The Hall–Kier alpha value is -0.740. The van der Waals surface area contributed by atoms with Gasteiger partial charge in [-0.2, -0.15) is 0 Å². The SMILES string of the molecule is CC(Nc1cc(Cl)ccc1Br)C(=O)OC(C)(C)C. The number of nitrogens with one attached hydrogen (secondary N) is 1. The average molecular weight is 335 g/mol. The molecule has 1 unspecified atom stereocenters. The Labute approximate surface area is 121 Å². The first-order valence-corrected chi connectivity index (χ1v) is 6.80. The molecular weight excluding hydrogens is 318 g/mol. The second kappa shape index (κ2) is 5.93. The van der Waals surface area contributed by atoms with E-state index in [4.69, 9.17) is 16.3 Å². The van der Waals surface area contributed by atoms with E-state index in [0.29, 0.717) is 5.02 Å². The molecule has 0 aliphatic heterocycles. The highest BCUT2D eigenvalue weighted by Gasteiger charge is 2.22. The van der Waals surface area contributed by atoms with Crippen molar-refractivity contribution < 1.29 is 9.53 Å². The molecule has 0 bridgehead atoms. The van der Waals surface area contributed by atoms with Crippen LogP contribution in [0.25, 0.3) is 0 Å². The zero-order valence-corrected chi connectivity index (χ0v) is 13.2. The van der Waals surface area contributed by atoms with Gasteiger partial charge in [-0.25, -0.2) is 4.79 Å². The van der Waals surface area contributed by atoms with Crippen molar-refractivity contribution in [3.05, 3.63) is 27.7 Å². The van der Waals surface area contributed by atoms with E-state index in [0.717, 1.165) is 10.2 Å². The van der Waals surface area contributed by atoms with Crippen LogP contribution in [-0.4, -0.2) is 17.6 Å². The zero-order chi connectivity index (χ0) is 13.9. The van der Waals surface area contributed by atoms with Gasteiger partial charge in [-0.05, 0) is 61.8 Å². The van der Waals surface area contributed by atoms with Crippen LogP contribution in [0.3, 0.4) is 0 Å². The molecule has 0 radical (unpaired) electrons. The molecule has 0 saturated heterocycles. The van der Waals surface area contributed by atoms with Crippen molar-refractivity contribution in [2.75, 3.05) is 5.32 Å². The van der Waals surface area contributed by atoms with Crippen molar-refractivity contribution in [2.45, 2.75) is 39.3 Å². The highest BCUT2D eigenvalue weighted by Crippen LogP contribution is 2.26. The number of benzene rings is 1. The van der Waals surface area contributed by atoms with Crippen LogP contribution in [0.1, 0.15) is 27.7 Å². The van der Waals surface area contributed by atoms with Gasteiger partial charge in [0.05, 0.1) is 5.69 Å². The Morgan fingerprint density at radius 3 is 2.61 bits per heavy atom. The largest absolute Gasteiger partial charge is 0.458 e. The first kappa shape index (κ1) is 15.3. The van der Waals surface area contributed by atoms with Gasteiger partial charge >= 0.3 is 5.97 Å². The summed E-state index contributed by atoms with van der Waals surface area (Å²) in [6.45, 7) is 7.27. The standard InChI is InChI=1S/C13H17BrClNO2/c1-8(12(17)18-13(2,3)4)16-11-7-9(15)5-6-10(11)14/h5-8,16H,1-4H3. The Kier molecular flexibility index (Phi) is 5.05. The monoisotopic (exact) mass is 333 g/mol. The average Bonchev–Trinajstić information content (AvgIpc) is 2.21. The molecule has 0 aliphatic carbocycles. The summed E-state index contributed by atoms with van der Waals surface area (Å²) in [7, 11) is 0. The number of hydrogen-bond acceptors (Lipinski definition) is 3. The molecule has 100 valence electrons. The van der Waals surface area contributed by atoms with Crippen LogP contribution in [0.2, 0.25) is 5.02 Å². The van der Waals surface area contributed by atoms with Crippen molar-refractivity contribution in [1.82, 2.24) is 0 Å². The van der Waals surface area contributed by atoms with Crippen LogP contribution in [0.15, 0.2) is 22.7 Å². The summed E-state index contributed by atoms with van der Waals surface area (Å²) < 4.78 is 6.14. The first-order valence-electron chi connectivity index (χ1n) is 5.63. The Bertz CT molecular complexity index is 443. The normalized spacial score (nSPS) is 13.0. The summed E-state index contributed by atoms with van der Waals surface area (Å²) in [6, 6.07) is 4.91. The molecule has 1 aromatic rings. The minimum absolute atomic E-state index is 0.297. The van der Waals surface area contributed by atoms with Gasteiger partial charge in [-0.1, -0.05) is 11.6 Å². The van der Waals surface area contributed by atoms with Gasteiger partial charge < -0.3 is 10.1 Å². The second-order valence-corrected chi connectivity index (χ2v) is 6.31. The van der Waals surface area contributed by atoms with Gasteiger partial charge in [0, 0.05) is 9.50 Å². The molecule has 5 heteroatoms. The molecular formula is C13H17BrClNO2. The van der Waals surface area contributed by atoms with E-state index in [2.05, 4.69) is 21.2 Å². The van der Waals surface area contributed by atoms with E-state index < -0.39 is 11.6 Å². The molecule has 1 N–H and O–H groups in total. The van der Waals surface area contributed by atoms with Crippen LogP contribution < -0.4 is 5.32 Å². The van der Waals surface area contributed by atoms with Crippen molar-refractivity contribution in [1.29, 1.82) is 0 Å². The van der Waals surface area contributed by atoms with Crippen molar-refractivity contribution in [2.24, 2.45) is 0 Å². The lowest BCUT2D eigenvalue weighted by Gasteiger charge is -2.23. The topological polar surface area (TPSA) is 38.3 Å². The Morgan fingerprint density at radius 2 is 2.06 bits per heavy atom. The quantitative estimate of drug-likeness (QED) is 0.840. The van der Waals surface area contributed by atoms with Gasteiger partial charge in [-0.3, -0.25) is 0 Å². The van der Waals surface area contributed by atoms with Gasteiger partial charge in [-0.15, -0.1) is 0 Å². The third kappa shape index (κ3) is 4.86. The van der Waals surface area contributed by atoms with E-state index in [1.165, 1.54) is 0 Å². The second-order valence-electron chi connectivity index (χ2n) is 5.02. The van der Waals surface area contributed by atoms with Crippen molar-refractivity contribution >= 4 is 39.2 Å². The van der Waals surface area contributed by atoms with E-state index in [1.807, 2.05) is 26.8 Å². The zero-order valence-electron chi connectivity index (χ0n) is 10.9. The molecule has 18 heavy (non-hydrogen) atoms. The molecule has 0 heterocycles. The Balaban J connectivity index is 2.72. The lowest BCUT2D eigenvalue weighted by atomic mass is 10.2. The number of esters is 1. The van der Waals surface area contributed by atoms with Crippen LogP contribution in [0, 0.1) is 0 Å². The molecule has 1 rings (SSSR count). The van der Waals surface area contributed by atoms with E-state index in [9.17, 15) is 4.79 Å². The molecule has 1 aromatic carbocycles. The summed E-state index contributed by atoms with van der Waals surface area (Å²) >= 11 is 9.31. The third-order valence-corrected chi connectivity index (χ3v) is 2.99. The number of anilines is 1. The molecule has 0 saturated carbocycles. The Morgan fingerprint density at radius 1 is 1.44 bits per heavy atom. The summed E-state index contributed by atoms with van der Waals surface area (Å²) in [4.78, 5) is 11.8. The highest BCUT2D eigenvalue weighted by molar-refractivity contribution is 9.10. The number of rotatable bonds is 3. The van der Waals surface area contributed by atoms with E-state index in [1.54, 1.807) is 19.1 Å². The summed E-state index contributed by atoms with van der Waals surface area (Å²) in [5, 5.41) is 3.68. The number of carbonyl (C=O) groups is 1. The fourth-order valence-electron chi connectivity index (χ4n) is 1.29. The fourth-order valence-corrected chi connectivity index (χ4v) is 1.82. The predicted octanol–water partition coefficient (Wildman–Crippen LogP) is 4.24. The summed E-state index contributed by atoms with van der Waals surface area (Å²) in [5.74, 6) is -0.297. The highest BCUT2D eigenvalue weighted by atomic mass is 79.9. The minimum atomic E-state index is -0.488. The van der Waals surface area contributed by atoms with Crippen LogP contribution >= 0.6 is 27.5 Å². The molecule has 0 fully saturated rings. The first-order chi connectivity index (χ1) is 8.19. The van der Waals surface area contributed by atoms with Crippen molar-refractivity contribution in [3.8, 4) is 0 Å². The predicted molar refractivity (Wildman–Crippen MR) is 78.1 cm³/mol. The maximum absolute atomic E-state index is 11.8. The molecule has 3 nitrogen and oxygen atoms in total. The molecule has 1 atom stereocenters. The number of hydrogen-bond donors (Lipinski definition) is 1. The molecule has 0 aliphatic rings. The van der Waals surface area contributed by atoms with Gasteiger partial charge in [0.2, 0.25) is 0 Å². The number of ether oxygens (including phenoxy) is 1. The number of carbonyl (C=O) groups excluding carboxylic acids is 1. The maximum atomic E-state index is 11.8. The van der Waals surface area contributed by atoms with Gasteiger partial charge in [0.15, 0.2) is 0 Å². The van der Waals surface area contributed by atoms with E-state index >= 15 is 0 Å². The smallest absolute Gasteiger partial charge is 0.328 e. The van der Waals surface area contributed by atoms with Gasteiger partial charge in [0.25, 0.3) is 0 Å². The van der Waals surface area contributed by atoms with Crippen LogP contribution in [0.4, 0.5) is 5.69 Å². The molecule has 0 spiro atoms. The number of halogens is 2. The third-order valence-electron chi connectivity index (χ3n) is 2.06.